The topological polar surface area (TPSA) is 67.8 Å². The second kappa shape index (κ2) is 7.54. The molecule has 1 saturated heterocycles. The third-order valence-corrected chi connectivity index (χ3v) is 3.86. The fraction of sp³-hybridized carbons (Fsp3) is 0.562. The quantitative estimate of drug-likeness (QED) is 0.777. The molecule has 2 rings (SSSR count). The highest BCUT2D eigenvalue weighted by Gasteiger charge is 2.37. The number of nitrogens with one attached hydrogen (secondary N) is 1. The van der Waals surface area contributed by atoms with Gasteiger partial charge in [0.15, 0.2) is 0 Å². The van der Waals surface area contributed by atoms with Crippen molar-refractivity contribution in [2.24, 2.45) is 0 Å². The van der Waals surface area contributed by atoms with Gasteiger partial charge in [-0.25, -0.2) is 4.79 Å². The van der Waals surface area contributed by atoms with Gasteiger partial charge in [-0.3, -0.25) is 5.32 Å². The Balaban J connectivity index is 2.20. The summed E-state index contributed by atoms with van der Waals surface area (Å²) in [6, 6.07) is 8.88. The van der Waals surface area contributed by atoms with Crippen molar-refractivity contribution < 1.29 is 19.4 Å². The molecule has 0 amide bonds. The molecule has 0 saturated carbocycles. The van der Waals surface area contributed by atoms with E-state index in [1.807, 2.05) is 30.3 Å². The summed E-state index contributed by atoms with van der Waals surface area (Å²) in [6.07, 6.45) is 1.35. The van der Waals surface area contributed by atoms with Crippen molar-refractivity contribution in [3.05, 3.63) is 35.9 Å². The summed E-state index contributed by atoms with van der Waals surface area (Å²) in [4.78, 5) is 12.3. The summed E-state index contributed by atoms with van der Waals surface area (Å²) in [5, 5.41) is 13.1. The number of carbonyl (C=O) groups excluding carboxylic acids is 1. The molecule has 1 aromatic rings. The van der Waals surface area contributed by atoms with Crippen LogP contribution in [0.25, 0.3) is 0 Å². The van der Waals surface area contributed by atoms with Crippen LogP contribution in [0, 0.1) is 0 Å². The molecule has 0 radical (unpaired) electrons. The molecular weight excluding hydrogens is 270 g/mol. The largest absolute Gasteiger partial charge is 0.465 e. The van der Waals surface area contributed by atoms with E-state index in [9.17, 15) is 9.90 Å². The van der Waals surface area contributed by atoms with Crippen LogP contribution >= 0.6 is 0 Å². The van der Waals surface area contributed by atoms with Gasteiger partial charge in [0.25, 0.3) is 0 Å². The Morgan fingerprint density at radius 2 is 2.05 bits per heavy atom. The van der Waals surface area contributed by atoms with E-state index >= 15 is 0 Å². The predicted octanol–water partition coefficient (Wildman–Crippen LogP) is 1.42. The summed E-state index contributed by atoms with van der Waals surface area (Å²) >= 11 is 0. The molecule has 1 atom stereocenters. The molecule has 0 bridgehead atoms. The summed E-state index contributed by atoms with van der Waals surface area (Å²) < 4.78 is 10.5. The highest BCUT2D eigenvalue weighted by molar-refractivity contribution is 5.77. The number of hydrogen-bond acceptors (Lipinski definition) is 5. The Bertz CT molecular complexity index is 443. The summed E-state index contributed by atoms with van der Waals surface area (Å²) in [5.41, 5.74) is 0.348. The fourth-order valence-corrected chi connectivity index (χ4v) is 2.57. The molecule has 116 valence electrons. The van der Waals surface area contributed by atoms with Crippen molar-refractivity contribution >= 4 is 5.97 Å². The lowest BCUT2D eigenvalue weighted by atomic mass is 9.89. The first-order valence-corrected chi connectivity index (χ1v) is 7.38. The minimum atomic E-state index is -0.573. The standard InChI is InChI=1S/C16H23NO4/c1-2-21-15(19)14(13-6-4-3-5-7-13)17-16(12-18)8-10-20-11-9-16/h3-7,14,17-18H,2,8-12H2,1H3. The Morgan fingerprint density at radius 1 is 1.38 bits per heavy atom. The van der Waals surface area contributed by atoms with E-state index < -0.39 is 11.6 Å². The number of aliphatic hydroxyl groups is 1. The number of esters is 1. The van der Waals surface area contributed by atoms with E-state index in [1.165, 1.54) is 0 Å². The Kier molecular flexibility index (Phi) is 5.73. The van der Waals surface area contributed by atoms with Gasteiger partial charge in [-0.15, -0.1) is 0 Å². The minimum absolute atomic E-state index is 0.0287. The smallest absolute Gasteiger partial charge is 0.327 e. The monoisotopic (exact) mass is 293 g/mol. The first-order chi connectivity index (χ1) is 10.2. The first-order valence-electron chi connectivity index (χ1n) is 7.38. The third kappa shape index (κ3) is 4.03. The van der Waals surface area contributed by atoms with Gasteiger partial charge in [-0.1, -0.05) is 30.3 Å². The lowest BCUT2D eigenvalue weighted by Crippen LogP contribution is -2.55. The average Bonchev–Trinajstić information content (AvgIpc) is 2.54. The molecule has 2 N–H and O–H groups in total. The van der Waals surface area contributed by atoms with Crippen molar-refractivity contribution in [1.29, 1.82) is 0 Å². The Morgan fingerprint density at radius 3 is 2.62 bits per heavy atom. The van der Waals surface area contributed by atoms with Crippen LogP contribution in [0.1, 0.15) is 31.4 Å². The maximum absolute atomic E-state index is 12.3. The molecule has 1 aliphatic heterocycles. The second-order valence-electron chi connectivity index (χ2n) is 5.29. The zero-order valence-electron chi connectivity index (χ0n) is 12.4. The number of ether oxygens (including phenoxy) is 2. The molecule has 0 aromatic heterocycles. The fourth-order valence-electron chi connectivity index (χ4n) is 2.57. The second-order valence-corrected chi connectivity index (χ2v) is 5.29. The van der Waals surface area contributed by atoms with Crippen LogP contribution < -0.4 is 5.32 Å². The van der Waals surface area contributed by atoms with Crippen molar-refractivity contribution in [3.8, 4) is 0 Å². The third-order valence-electron chi connectivity index (χ3n) is 3.86. The van der Waals surface area contributed by atoms with Crippen LogP contribution in [0.3, 0.4) is 0 Å². The van der Waals surface area contributed by atoms with Crippen LogP contribution in [-0.2, 0) is 14.3 Å². The molecule has 5 heteroatoms. The highest BCUT2D eigenvalue weighted by Crippen LogP contribution is 2.26. The molecule has 1 fully saturated rings. The molecule has 1 unspecified atom stereocenters. The van der Waals surface area contributed by atoms with Crippen molar-refractivity contribution in [2.75, 3.05) is 26.4 Å². The molecule has 5 nitrogen and oxygen atoms in total. The van der Waals surface area contributed by atoms with E-state index in [-0.39, 0.29) is 12.6 Å². The Hall–Kier alpha value is -1.43. The van der Waals surface area contributed by atoms with Crippen LogP contribution in [-0.4, -0.2) is 43.0 Å². The number of aliphatic hydroxyl groups excluding tert-OH is 1. The normalized spacial score (nSPS) is 19.0. The van der Waals surface area contributed by atoms with Crippen LogP contribution in [0.15, 0.2) is 30.3 Å². The van der Waals surface area contributed by atoms with Gasteiger partial charge >= 0.3 is 5.97 Å². The van der Waals surface area contributed by atoms with Gasteiger partial charge in [0.2, 0.25) is 0 Å². The molecule has 0 spiro atoms. The number of rotatable bonds is 6. The molecule has 1 aromatic carbocycles. The first kappa shape index (κ1) is 15.9. The van der Waals surface area contributed by atoms with E-state index in [0.717, 1.165) is 5.56 Å². The van der Waals surface area contributed by atoms with E-state index in [4.69, 9.17) is 9.47 Å². The maximum atomic E-state index is 12.3. The number of hydrogen-bond donors (Lipinski definition) is 2. The van der Waals surface area contributed by atoms with Gasteiger partial charge in [-0.05, 0) is 25.3 Å². The zero-order chi connectivity index (χ0) is 15.1. The zero-order valence-corrected chi connectivity index (χ0v) is 12.4. The van der Waals surface area contributed by atoms with E-state index in [0.29, 0.717) is 32.7 Å². The van der Waals surface area contributed by atoms with E-state index in [1.54, 1.807) is 6.92 Å². The molecule has 21 heavy (non-hydrogen) atoms. The van der Waals surface area contributed by atoms with Gasteiger partial charge in [0.1, 0.15) is 6.04 Å². The summed E-state index contributed by atoms with van der Waals surface area (Å²) in [7, 11) is 0. The predicted molar refractivity (Wildman–Crippen MR) is 78.8 cm³/mol. The van der Waals surface area contributed by atoms with Crippen LogP contribution in [0.2, 0.25) is 0 Å². The van der Waals surface area contributed by atoms with Crippen LogP contribution in [0.4, 0.5) is 0 Å². The lowest BCUT2D eigenvalue weighted by Gasteiger charge is -2.39. The summed E-state index contributed by atoms with van der Waals surface area (Å²) in [5.74, 6) is -0.317. The molecule has 0 aliphatic carbocycles. The van der Waals surface area contributed by atoms with Crippen molar-refractivity contribution in [1.82, 2.24) is 5.32 Å². The number of benzene rings is 1. The van der Waals surface area contributed by atoms with Crippen LogP contribution in [0.5, 0.6) is 0 Å². The average molecular weight is 293 g/mol. The molecular formula is C16H23NO4. The molecule has 1 aliphatic rings. The minimum Gasteiger partial charge on any atom is -0.465 e. The van der Waals surface area contributed by atoms with Gasteiger partial charge < -0.3 is 14.6 Å². The van der Waals surface area contributed by atoms with E-state index in [2.05, 4.69) is 5.32 Å². The number of carbonyl (C=O) groups is 1. The van der Waals surface area contributed by atoms with Crippen molar-refractivity contribution in [3.63, 3.8) is 0 Å². The molecule has 1 heterocycles. The van der Waals surface area contributed by atoms with Crippen molar-refractivity contribution in [2.45, 2.75) is 31.3 Å². The highest BCUT2D eigenvalue weighted by atomic mass is 16.5. The maximum Gasteiger partial charge on any atom is 0.327 e. The van der Waals surface area contributed by atoms with Gasteiger partial charge in [0, 0.05) is 18.8 Å². The van der Waals surface area contributed by atoms with Gasteiger partial charge in [-0.2, -0.15) is 0 Å². The van der Waals surface area contributed by atoms with Gasteiger partial charge in [0.05, 0.1) is 13.2 Å². The SMILES string of the molecule is CCOC(=O)C(NC1(CO)CCOCC1)c1ccccc1. The lowest BCUT2D eigenvalue weighted by molar-refractivity contribution is -0.147. The Labute approximate surface area is 125 Å². The summed E-state index contributed by atoms with van der Waals surface area (Å²) in [6.45, 7) is 3.25.